The van der Waals surface area contributed by atoms with Gasteiger partial charge in [0.25, 0.3) is 11.8 Å². The summed E-state index contributed by atoms with van der Waals surface area (Å²) in [6.45, 7) is 5.70. The van der Waals surface area contributed by atoms with Gasteiger partial charge in [0.2, 0.25) is 0 Å². The van der Waals surface area contributed by atoms with Crippen LogP contribution < -0.4 is 9.64 Å². The third kappa shape index (κ3) is 9.65. The molecule has 0 spiro atoms. The molecule has 1 heterocycles. The van der Waals surface area contributed by atoms with Crippen LogP contribution in [0.2, 0.25) is 0 Å². The summed E-state index contributed by atoms with van der Waals surface area (Å²) in [6.07, 6.45) is 0.726. The normalized spacial score (nSPS) is 13.1. The van der Waals surface area contributed by atoms with Gasteiger partial charge in [0.05, 0.1) is 19.8 Å². The van der Waals surface area contributed by atoms with Crippen LogP contribution in [0.15, 0.2) is 133 Å². The Bertz CT molecular complexity index is 1830. The minimum absolute atomic E-state index is 0.0845. The zero-order valence-corrected chi connectivity index (χ0v) is 28.1. The number of hydrogen-bond acceptors (Lipinski definition) is 5. The molecule has 0 saturated carbocycles. The standard InChI is InChI=1S/C42H42FN3O4/c43-38-19-17-36(18-20-38)42(48)46(39-15-8-16-40(30-39)50-28-25-44-23-26-49-27-24-44)32-35-13-7-14-37(29-35)41(47)45(31-34-11-5-2-6-12-34)22-21-33-9-3-1-4-10-33/h1-20,29-30H,21-28,31-32H2. The Kier molecular flexibility index (Phi) is 12.0. The molecule has 0 N–H and O–H groups in total. The summed E-state index contributed by atoms with van der Waals surface area (Å²) in [7, 11) is 0. The van der Waals surface area contributed by atoms with E-state index in [9.17, 15) is 14.0 Å². The number of benzene rings is 5. The van der Waals surface area contributed by atoms with Crippen molar-refractivity contribution >= 4 is 17.5 Å². The summed E-state index contributed by atoms with van der Waals surface area (Å²) in [4.78, 5) is 33.9. The number of anilines is 1. The molecule has 7 nitrogen and oxygen atoms in total. The maximum absolute atomic E-state index is 14.1. The summed E-state index contributed by atoms with van der Waals surface area (Å²) in [5.41, 5.74) is 4.52. The topological polar surface area (TPSA) is 62.3 Å². The van der Waals surface area contributed by atoms with Crippen LogP contribution in [0.1, 0.15) is 37.4 Å². The molecule has 1 fully saturated rings. The number of rotatable bonds is 14. The second-order valence-corrected chi connectivity index (χ2v) is 12.3. The van der Waals surface area contributed by atoms with Gasteiger partial charge in [0, 0.05) is 55.6 Å². The summed E-state index contributed by atoms with van der Waals surface area (Å²) >= 11 is 0. The van der Waals surface area contributed by atoms with Crippen molar-refractivity contribution in [3.05, 3.63) is 167 Å². The number of morpholine rings is 1. The molecule has 1 saturated heterocycles. The fourth-order valence-corrected chi connectivity index (χ4v) is 6.02. The fraction of sp³-hybridized carbons (Fsp3) is 0.238. The molecule has 5 aromatic carbocycles. The van der Waals surface area contributed by atoms with Crippen molar-refractivity contribution < 1.29 is 23.5 Å². The Morgan fingerprint density at radius 2 is 1.36 bits per heavy atom. The molecule has 1 aliphatic heterocycles. The molecular weight excluding hydrogens is 629 g/mol. The number of ether oxygens (including phenoxy) is 2. The summed E-state index contributed by atoms with van der Waals surface area (Å²) in [6, 6.07) is 40.6. The van der Waals surface area contributed by atoms with Crippen molar-refractivity contribution in [3.8, 4) is 5.75 Å². The lowest BCUT2D eigenvalue weighted by Crippen LogP contribution is -2.38. The predicted molar refractivity (Wildman–Crippen MR) is 194 cm³/mol. The van der Waals surface area contributed by atoms with Gasteiger partial charge in [-0.1, -0.05) is 78.9 Å². The van der Waals surface area contributed by atoms with E-state index in [0.29, 0.717) is 42.3 Å². The predicted octanol–water partition coefficient (Wildman–Crippen LogP) is 7.27. The van der Waals surface area contributed by atoms with Crippen LogP contribution >= 0.6 is 0 Å². The molecule has 0 radical (unpaired) electrons. The van der Waals surface area contributed by atoms with E-state index in [2.05, 4.69) is 17.0 Å². The highest BCUT2D eigenvalue weighted by molar-refractivity contribution is 6.06. The largest absolute Gasteiger partial charge is 0.492 e. The molecule has 5 aromatic rings. The minimum Gasteiger partial charge on any atom is -0.492 e. The third-order valence-electron chi connectivity index (χ3n) is 8.78. The molecule has 2 amide bonds. The number of carbonyl (C=O) groups excluding carboxylic acids is 2. The van der Waals surface area contributed by atoms with E-state index in [1.54, 1.807) is 4.90 Å². The zero-order valence-electron chi connectivity index (χ0n) is 28.1. The number of hydrogen-bond donors (Lipinski definition) is 0. The molecule has 0 unspecified atom stereocenters. The van der Waals surface area contributed by atoms with E-state index in [-0.39, 0.29) is 18.4 Å². The molecular formula is C42H42FN3O4. The number of nitrogens with zero attached hydrogens (tertiary/aromatic N) is 3. The van der Waals surface area contributed by atoms with Gasteiger partial charge in [0.1, 0.15) is 18.2 Å². The average Bonchev–Trinajstić information content (AvgIpc) is 3.17. The highest BCUT2D eigenvalue weighted by Gasteiger charge is 2.22. The highest BCUT2D eigenvalue weighted by Crippen LogP contribution is 2.26. The lowest BCUT2D eigenvalue weighted by atomic mass is 10.1. The summed E-state index contributed by atoms with van der Waals surface area (Å²) in [5.74, 6) is -0.145. The second-order valence-electron chi connectivity index (χ2n) is 12.3. The Morgan fingerprint density at radius 3 is 2.10 bits per heavy atom. The molecule has 0 aromatic heterocycles. The first-order valence-corrected chi connectivity index (χ1v) is 17.1. The van der Waals surface area contributed by atoms with Gasteiger partial charge in [-0.15, -0.1) is 0 Å². The zero-order chi connectivity index (χ0) is 34.5. The highest BCUT2D eigenvalue weighted by atomic mass is 19.1. The molecule has 6 rings (SSSR count). The first-order chi connectivity index (χ1) is 24.5. The molecule has 50 heavy (non-hydrogen) atoms. The van der Waals surface area contributed by atoms with Gasteiger partial charge in [-0.05, 0) is 71.6 Å². The van der Waals surface area contributed by atoms with E-state index in [1.165, 1.54) is 24.3 Å². The Morgan fingerprint density at radius 1 is 0.680 bits per heavy atom. The van der Waals surface area contributed by atoms with Gasteiger partial charge >= 0.3 is 0 Å². The molecule has 8 heteroatoms. The van der Waals surface area contributed by atoms with Crippen molar-refractivity contribution in [3.63, 3.8) is 0 Å². The Balaban J connectivity index is 1.23. The van der Waals surface area contributed by atoms with Gasteiger partial charge in [0.15, 0.2) is 0 Å². The van der Waals surface area contributed by atoms with Gasteiger partial charge < -0.3 is 19.3 Å². The van der Waals surface area contributed by atoms with Gasteiger partial charge in [-0.25, -0.2) is 4.39 Å². The average molecular weight is 672 g/mol. The monoisotopic (exact) mass is 671 g/mol. The lowest BCUT2D eigenvalue weighted by Gasteiger charge is -2.27. The molecule has 0 bridgehead atoms. The van der Waals surface area contributed by atoms with Crippen LogP contribution in [0.3, 0.4) is 0 Å². The fourth-order valence-electron chi connectivity index (χ4n) is 6.02. The molecule has 0 atom stereocenters. The van der Waals surface area contributed by atoms with E-state index in [0.717, 1.165) is 56.0 Å². The number of carbonyl (C=O) groups is 2. The second kappa shape index (κ2) is 17.4. The van der Waals surface area contributed by atoms with Crippen LogP contribution in [0.4, 0.5) is 10.1 Å². The smallest absolute Gasteiger partial charge is 0.258 e. The van der Waals surface area contributed by atoms with Crippen LogP contribution in [0.25, 0.3) is 0 Å². The Labute approximate surface area is 293 Å². The van der Waals surface area contributed by atoms with Crippen molar-refractivity contribution in [2.75, 3.05) is 50.9 Å². The van der Waals surface area contributed by atoms with Gasteiger partial charge in [-0.3, -0.25) is 14.5 Å². The summed E-state index contributed by atoms with van der Waals surface area (Å²) < 4.78 is 25.4. The van der Waals surface area contributed by atoms with E-state index < -0.39 is 5.82 Å². The van der Waals surface area contributed by atoms with Crippen molar-refractivity contribution in [1.29, 1.82) is 0 Å². The third-order valence-corrected chi connectivity index (χ3v) is 8.78. The first kappa shape index (κ1) is 34.5. The molecule has 256 valence electrons. The van der Waals surface area contributed by atoms with Gasteiger partial charge in [-0.2, -0.15) is 0 Å². The first-order valence-electron chi connectivity index (χ1n) is 17.1. The van der Waals surface area contributed by atoms with Crippen LogP contribution in [-0.2, 0) is 24.2 Å². The van der Waals surface area contributed by atoms with E-state index in [4.69, 9.17) is 9.47 Å². The van der Waals surface area contributed by atoms with Crippen molar-refractivity contribution in [2.24, 2.45) is 0 Å². The maximum Gasteiger partial charge on any atom is 0.258 e. The van der Waals surface area contributed by atoms with E-state index in [1.807, 2.05) is 102 Å². The van der Waals surface area contributed by atoms with Crippen LogP contribution in [-0.4, -0.2) is 67.6 Å². The quantitative estimate of drug-likeness (QED) is 0.124. The Hall–Kier alpha value is -5.31. The van der Waals surface area contributed by atoms with Crippen LogP contribution in [0.5, 0.6) is 5.75 Å². The lowest BCUT2D eigenvalue weighted by molar-refractivity contribution is 0.0322. The number of amides is 2. The number of halogens is 1. The SMILES string of the molecule is O=C(c1cccc(CN(C(=O)c2ccc(F)cc2)c2cccc(OCCN3CCOCC3)c2)c1)N(CCc1ccccc1)Cc1ccccc1. The maximum atomic E-state index is 14.1. The van der Waals surface area contributed by atoms with Crippen LogP contribution in [0, 0.1) is 5.82 Å². The molecule has 1 aliphatic rings. The summed E-state index contributed by atoms with van der Waals surface area (Å²) in [5, 5.41) is 0. The van der Waals surface area contributed by atoms with Crippen molar-refractivity contribution in [1.82, 2.24) is 9.80 Å². The van der Waals surface area contributed by atoms with Crippen molar-refractivity contribution in [2.45, 2.75) is 19.5 Å². The molecule has 0 aliphatic carbocycles. The van der Waals surface area contributed by atoms with E-state index >= 15 is 0 Å². The minimum atomic E-state index is -0.415.